The number of ether oxygens (including phenoxy) is 1. The van der Waals surface area contributed by atoms with Crippen molar-refractivity contribution in [1.29, 1.82) is 0 Å². The fourth-order valence-corrected chi connectivity index (χ4v) is 3.04. The van der Waals surface area contributed by atoms with Crippen LogP contribution in [-0.4, -0.2) is 44.6 Å². The molecule has 0 bridgehead atoms. The number of aliphatic carboxylic acids is 1. The van der Waals surface area contributed by atoms with Crippen molar-refractivity contribution in [3.8, 4) is 0 Å². The van der Waals surface area contributed by atoms with Gasteiger partial charge in [0.25, 0.3) is 0 Å². The summed E-state index contributed by atoms with van der Waals surface area (Å²) >= 11 is 1.24. The highest BCUT2D eigenvalue weighted by Crippen LogP contribution is 2.31. The lowest BCUT2D eigenvalue weighted by Gasteiger charge is -2.14. The van der Waals surface area contributed by atoms with Crippen LogP contribution in [0.5, 0.6) is 0 Å². The van der Waals surface area contributed by atoms with E-state index in [1.165, 1.54) is 11.8 Å². The fraction of sp³-hybridized carbons (Fsp3) is 0.417. The summed E-state index contributed by atoms with van der Waals surface area (Å²) in [4.78, 5) is 19.3. The summed E-state index contributed by atoms with van der Waals surface area (Å²) < 4.78 is 7.50. The number of carboxylic acid groups (broad SMARTS) is 1. The molecule has 1 aliphatic rings. The molecule has 0 aromatic carbocycles. The molecular formula is C12H13N3O3S. The molecule has 1 N–H and O–H groups in total. The van der Waals surface area contributed by atoms with Gasteiger partial charge in [-0.25, -0.2) is 4.98 Å². The maximum absolute atomic E-state index is 10.7. The van der Waals surface area contributed by atoms with Gasteiger partial charge in [0.05, 0.1) is 30.1 Å². The summed E-state index contributed by atoms with van der Waals surface area (Å²) in [7, 11) is 0. The molecule has 0 aliphatic carbocycles. The van der Waals surface area contributed by atoms with Gasteiger partial charge in [0.2, 0.25) is 0 Å². The third kappa shape index (κ3) is 2.43. The summed E-state index contributed by atoms with van der Waals surface area (Å²) in [5.74, 6) is -0.839. The molecule has 2 aromatic rings. The van der Waals surface area contributed by atoms with Crippen molar-refractivity contribution in [1.82, 2.24) is 14.5 Å². The van der Waals surface area contributed by atoms with E-state index in [-0.39, 0.29) is 11.8 Å². The van der Waals surface area contributed by atoms with Gasteiger partial charge in [0.15, 0.2) is 5.16 Å². The lowest BCUT2D eigenvalue weighted by molar-refractivity contribution is -0.133. The first-order valence-electron chi connectivity index (χ1n) is 6.00. The van der Waals surface area contributed by atoms with E-state index in [2.05, 4.69) is 14.5 Å². The second-order valence-corrected chi connectivity index (χ2v) is 5.27. The van der Waals surface area contributed by atoms with Crippen molar-refractivity contribution in [3.63, 3.8) is 0 Å². The van der Waals surface area contributed by atoms with Crippen LogP contribution in [0.3, 0.4) is 0 Å². The van der Waals surface area contributed by atoms with Crippen LogP contribution in [-0.2, 0) is 9.53 Å². The molecule has 0 saturated carbocycles. The number of fused-ring (bicyclic) bond motifs is 1. The predicted octanol–water partition coefficient (Wildman–Crippen LogP) is 1.57. The average molecular weight is 279 g/mol. The van der Waals surface area contributed by atoms with Crippen molar-refractivity contribution >= 4 is 28.8 Å². The Bertz CT molecular complexity index is 607. The molecule has 1 aliphatic heterocycles. The number of hydrogen-bond acceptors (Lipinski definition) is 5. The third-order valence-electron chi connectivity index (χ3n) is 3.05. The van der Waals surface area contributed by atoms with Gasteiger partial charge in [-0.2, -0.15) is 0 Å². The Balaban J connectivity index is 2.03. The van der Waals surface area contributed by atoms with E-state index in [9.17, 15) is 4.79 Å². The fourth-order valence-electron chi connectivity index (χ4n) is 2.24. The minimum atomic E-state index is -0.843. The lowest BCUT2D eigenvalue weighted by Crippen LogP contribution is -2.10. The van der Waals surface area contributed by atoms with Gasteiger partial charge in [-0.1, -0.05) is 11.8 Å². The zero-order valence-electron chi connectivity index (χ0n) is 10.2. The smallest absolute Gasteiger partial charge is 0.313 e. The molecule has 1 unspecified atom stereocenters. The Labute approximate surface area is 113 Å². The highest BCUT2D eigenvalue weighted by atomic mass is 32.2. The number of rotatable bonds is 4. The van der Waals surface area contributed by atoms with Crippen molar-refractivity contribution in [3.05, 3.63) is 18.5 Å². The van der Waals surface area contributed by atoms with Crippen molar-refractivity contribution < 1.29 is 14.6 Å². The topological polar surface area (TPSA) is 77.2 Å². The molecule has 100 valence electrons. The van der Waals surface area contributed by atoms with E-state index in [1.807, 2.05) is 6.07 Å². The molecule has 3 rings (SSSR count). The first kappa shape index (κ1) is 12.4. The average Bonchev–Trinajstić information content (AvgIpc) is 3.02. The summed E-state index contributed by atoms with van der Waals surface area (Å²) in [6.45, 7) is 1.38. The van der Waals surface area contributed by atoms with Crippen LogP contribution >= 0.6 is 11.8 Å². The number of thioether (sulfide) groups is 1. The molecule has 3 heterocycles. The quantitative estimate of drug-likeness (QED) is 0.856. The van der Waals surface area contributed by atoms with E-state index in [4.69, 9.17) is 9.84 Å². The van der Waals surface area contributed by atoms with E-state index < -0.39 is 5.97 Å². The predicted molar refractivity (Wildman–Crippen MR) is 70.4 cm³/mol. The Kier molecular flexibility index (Phi) is 3.39. The van der Waals surface area contributed by atoms with Crippen LogP contribution in [0, 0.1) is 0 Å². The molecule has 7 heteroatoms. The van der Waals surface area contributed by atoms with Crippen LogP contribution in [0.2, 0.25) is 0 Å². The standard InChI is InChI=1S/C12H13N3O3S/c16-11(17)7-19-12-14-9-5-13-3-1-10(9)15(12)8-2-4-18-6-8/h1,3,5,8H,2,4,6-7H2,(H,16,17). The Morgan fingerprint density at radius 3 is 3.26 bits per heavy atom. The summed E-state index contributed by atoms with van der Waals surface area (Å²) in [6.07, 6.45) is 4.35. The van der Waals surface area contributed by atoms with E-state index in [0.717, 1.165) is 29.2 Å². The molecule has 1 fully saturated rings. The van der Waals surface area contributed by atoms with Crippen molar-refractivity contribution in [2.24, 2.45) is 0 Å². The van der Waals surface area contributed by atoms with Gasteiger partial charge in [-0.3, -0.25) is 9.78 Å². The Morgan fingerprint density at radius 1 is 1.63 bits per heavy atom. The summed E-state index contributed by atoms with van der Waals surface area (Å²) in [5, 5.41) is 9.53. The highest BCUT2D eigenvalue weighted by Gasteiger charge is 2.23. The van der Waals surface area contributed by atoms with E-state index >= 15 is 0 Å². The number of nitrogens with zero attached hydrogens (tertiary/aromatic N) is 3. The molecule has 1 atom stereocenters. The minimum absolute atomic E-state index is 0.00429. The van der Waals surface area contributed by atoms with E-state index in [1.54, 1.807) is 12.4 Å². The van der Waals surface area contributed by atoms with Crippen LogP contribution < -0.4 is 0 Å². The zero-order chi connectivity index (χ0) is 13.2. The molecular weight excluding hydrogens is 266 g/mol. The first-order valence-corrected chi connectivity index (χ1v) is 6.98. The molecule has 0 amide bonds. The maximum atomic E-state index is 10.7. The number of hydrogen-bond donors (Lipinski definition) is 1. The van der Waals surface area contributed by atoms with Gasteiger partial charge < -0.3 is 14.4 Å². The summed E-state index contributed by atoms with van der Waals surface area (Å²) in [6, 6.07) is 2.13. The van der Waals surface area contributed by atoms with Gasteiger partial charge >= 0.3 is 5.97 Å². The summed E-state index contributed by atoms with van der Waals surface area (Å²) in [5.41, 5.74) is 1.78. The number of imidazole rings is 1. The minimum Gasteiger partial charge on any atom is -0.481 e. The van der Waals surface area contributed by atoms with Crippen molar-refractivity contribution in [2.75, 3.05) is 19.0 Å². The third-order valence-corrected chi connectivity index (χ3v) is 3.99. The van der Waals surface area contributed by atoms with Gasteiger partial charge in [-0.05, 0) is 12.5 Å². The van der Waals surface area contributed by atoms with Crippen LogP contribution in [0.1, 0.15) is 12.5 Å². The van der Waals surface area contributed by atoms with Gasteiger partial charge in [0, 0.05) is 12.8 Å². The number of pyridine rings is 1. The van der Waals surface area contributed by atoms with E-state index in [0.29, 0.717) is 6.61 Å². The zero-order valence-corrected chi connectivity index (χ0v) is 11.0. The SMILES string of the molecule is O=C(O)CSc1nc2cnccc2n1C1CCOC1. The second kappa shape index (κ2) is 5.18. The molecule has 6 nitrogen and oxygen atoms in total. The Hall–Kier alpha value is -1.60. The van der Waals surface area contributed by atoms with Crippen LogP contribution in [0.25, 0.3) is 11.0 Å². The lowest BCUT2D eigenvalue weighted by atomic mass is 10.2. The highest BCUT2D eigenvalue weighted by molar-refractivity contribution is 7.99. The van der Waals surface area contributed by atoms with Gasteiger partial charge in [-0.15, -0.1) is 0 Å². The van der Waals surface area contributed by atoms with Crippen LogP contribution in [0.4, 0.5) is 0 Å². The number of carbonyl (C=O) groups is 1. The largest absolute Gasteiger partial charge is 0.481 e. The number of aromatic nitrogens is 3. The first-order chi connectivity index (χ1) is 9.25. The number of carboxylic acids is 1. The van der Waals surface area contributed by atoms with Crippen molar-refractivity contribution in [2.45, 2.75) is 17.6 Å². The second-order valence-electron chi connectivity index (χ2n) is 4.33. The maximum Gasteiger partial charge on any atom is 0.313 e. The molecule has 2 aromatic heterocycles. The normalized spacial score (nSPS) is 19.1. The monoisotopic (exact) mass is 279 g/mol. The Morgan fingerprint density at radius 2 is 2.53 bits per heavy atom. The van der Waals surface area contributed by atoms with Gasteiger partial charge in [0.1, 0.15) is 5.52 Å². The van der Waals surface area contributed by atoms with Crippen LogP contribution in [0.15, 0.2) is 23.6 Å². The molecule has 1 saturated heterocycles. The molecule has 19 heavy (non-hydrogen) atoms. The molecule has 0 radical (unpaired) electrons. The molecule has 0 spiro atoms.